The van der Waals surface area contributed by atoms with Gasteiger partial charge in [0, 0.05) is 6.07 Å². The Kier molecular flexibility index (Phi) is 2.85. The predicted molar refractivity (Wildman–Crippen MR) is 73.6 cm³/mol. The molecule has 0 saturated heterocycles. The number of para-hydroxylation sites is 1. The molecule has 6 heteroatoms. The van der Waals surface area contributed by atoms with Gasteiger partial charge < -0.3 is 10.2 Å². The summed E-state index contributed by atoms with van der Waals surface area (Å²) in [4.78, 5) is 4.30. The number of benzene rings is 2. The second kappa shape index (κ2) is 4.66. The largest absolute Gasteiger partial charge is 0.508 e. The number of azo groups is 1. The van der Waals surface area contributed by atoms with Crippen LogP contribution < -0.4 is 0 Å². The second-order valence-electron chi connectivity index (χ2n) is 3.84. The summed E-state index contributed by atoms with van der Waals surface area (Å²) in [6, 6.07) is 11.9. The molecule has 1 heterocycles. The lowest BCUT2D eigenvalue weighted by atomic mass is 10.3. The molecular weight excluding hydrogens is 262 g/mol. The third-order valence-electron chi connectivity index (χ3n) is 2.48. The number of thiazole rings is 1. The van der Waals surface area contributed by atoms with E-state index in [-0.39, 0.29) is 17.2 Å². The normalized spacial score (nSPS) is 11.4. The molecule has 0 aliphatic rings. The topological polar surface area (TPSA) is 78.1 Å². The lowest BCUT2D eigenvalue weighted by Gasteiger charge is -1.96. The summed E-state index contributed by atoms with van der Waals surface area (Å²) in [5.74, 6) is -0.138. The van der Waals surface area contributed by atoms with Crippen LogP contribution in [0.1, 0.15) is 0 Å². The molecule has 0 saturated carbocycles. The molecule has 5 nitrogen and oxygen atoms in total. The summed E-state index contributed by atoms with van der Waals surface area (Å²) in [6.07, 6.45) is 0. The molecule has 0 fully saturated rings. The molecule has 0 radical (unpaired) electrons. The van der Waals surface area contributed by atoms with E-state index in [4.69, 9.17) is 0 Å². The van der Waals surface area contributed by atoms with Crippen molar-refractivity contribution in [2.45, 2.75) is 0 Å². The van der Waals surface area contributed by atoms with Crippen LogP contribution in [-0.4, -0.2) is 15.2 Å². The van der Waals surface area contributed by atoms with E-state index in [2.05, 4.69) is 15.2 Å². The summed E-state index contributed by atoms with van der Waals surface area (Å²) in [6.45, 7) is 0. The van der Waals surface area contributed by atoms with Crippen molar-refractivity contribution in [3.05, 3.63) is 42.5 Å². The number of hydrogen-bond acceptors (Lipinski definition) is 6. The monoisotopic (exact) mass is 271 g/mol. The molecule has 0 amide bonds. The zero-order valence-electron chi connectivity index (χ0n) is 9.69. The van der Waals surface area contributed by atoms with E-state index < -0.39 is 0 Å². The Morgan fingerprint density at radius 3 is 2.63 bits per heavy atom. The van der Waals surface area contributed by atoms with Crippen molar-refractivity contribution in [1.82, 2.24) is 4.98 Å². The van der Waals surface area contributed by atoms with Crippen molar-refractivity contribution in [3.63, 3.8) is 0 Å². The number of aromatic hydroxyl groups is 2. The summed E-state index contributed by atoms with van der Waals surface area (Å²) in [5.41, 5.74) is 1.16. The van der Waals surface area contributed by atoms with Gasteiger partial charge in [0.2, 0.25) is 5.13 Å². The lowest BCUT2D eigenvalue weighted by Crippen LogP contribution is -1.68. The maximum atomic E-state index is 9.58. The standard InChI is InChI=1S/C13H9N3O2S/c17-8-5-6-9(11(18)7-8)15-16-13-14-10-3-1-2-4-12(10)19-13/h1-7,17-18H. The molecule has 0 spiro atoms. The average Bonchev–Trinajstić information content (AvgIpc) is 2.80. The highest BCUT2D eigenvalue weighted by Crippen LogP contribution is 2.33. The third kappa shape index (κ3) is 2.38. The van der Waals surface area contributed by atoms with Gasteiger partial charge in [-0.25, -0.2) is 4.98 Å². The summed E-state index contributed by atoms with van der Waals surface area (Å²) in [7, 11) is 0. The van der Waals surface area contributed by atoms with Gasteiger partial charge in [0.1, 0.15) is 17.2 Å². The van der Waals surface area contributed by atoms with Crippen LogP contribution in [0.4, 0.5) is 10.8 Å². The maximum Gasteiger partial charge on any atom is 0.231 e. The Hall–Kier alpha value is -2.47. The van der Waals surface area contributed by atoms with E-state index in [1.54, 1.807) is 0 Å². The minimum atomic E-state index is -0.120. The Labute approximate surface area is 112 Å². The first-order valence-corrected chi connectivity index (χ1v) is 6.33. The van der Waals surface area contributed by atoms with Gasteiger partial charge in [-0.05, 0) is 24.3 Å². The Bertz CT molecular complexity index is 734. The van der Waals surface area contributed by atoms with Gasteiger partial charge in [0.05, 0.1) is 10.2 Å². The van der Waals surface area contributed by atoms with Crippen molar-refractivity contribution in [2.75, 3.05) is 0 Å². The van der Waals surface area contributed by atoms with Gasteiger partial charge in [-0.1, -0.05) is 23.5 Å². The highest BCUT2D eigenvalue weighted by molar-refractivity contribution is 7.21. The number of phenols is 2. The minimum absolute atomic E-state index is 0.0172. The summed E-state index contributed by atoms with van der Waals surface area (Å²) < 4.78 is 1.03. The van der Waals surface area contributed by atoms with Crippen LogP contribution in [0, 0.1) is 0 Å². The van der Waals surface area contributed by atoms with Crippen LogP contribution in [0.25, 0.3) is 10.2 Å². The number of nitrogens with zero attached hydrogens (tertiary/aromatic N) is 3. The fourth-order valence-electron chi connectivity index (χ4n) is 1.60. The highest BCUT2D eigenvalue weighted by Gasteiger charge is 2.03. The Morgan fingerprint density at radius 2 is 1.84 bits per heavy atom. The van der Waals surface area contributed by atoms with Gasteiger partial charge in [0.25, 0.3) is 0 Å². The molecule has 19 heavy (non-hydrogen) atoms. The molecule has 3 aromatic rings. The van der Waals surface area contributed by atoms with E-state index in [1.807, 2.05) is 24.3 Å². The minimum Gasteiger partial charge on any atom is -0.508 e. The van der Waals surface area contributed by atoms with E-state index in [0.717, 1.165) is 10.2 Å². The zero-order chi connectivity index (χ0) is 13.2. The van der Waals surface area contributed by atoms with Crippen molar-refractivity contribution in [2.24, 2.45) is 10.2 Å². The van der Waals surface area contributed by atoms with E-state index in [0.29, 0.717) is 5.13 Å². The van der Waals surface area contributed by atoms with Gasteiger partial charge in [-0.15, -0.1) is 10.2 Å². The average molecular weight is 271 g/mol. The van der Waals surface area contributed by atoms with Crippen molar-refractivity contribution in [3.8, 4) is 11.5 Å². The van der Waals surface area contributed by atoms with Crippen LogP contribution in [0.3, 0.4) is 0 Å². The SMILES string of the molecule is Oc1ccc(N=Nc2nc3ccccc3s2)c(O)c1. The zero-order valence-corrected chi connectivity index (χ0v) is 10.5. The molecule has 0 atom stereocenters. The number of rotatable bonds is 2. The van der Waals surface area contributed by atoms with E-state index in [9.17, 15) is 10.2 Å². The van der Waals surface area contributed by atoms with Crippen LogP contribution >= 0.6 is 11.3 Å². The van der Waals surface area contributed by atoms with Crippen molar-refractivity contribution in [1.29, 1.82) is 0 Å². The molecule has 0 bridgehead atoms. The smallest absolute Gasteiger partial charge is 0.231 e. The van der Waals surface area contributed by atoms with Crippen LogP contribution in [0.15, 0.2) is 52.7 Å². The molecule has 1 aromatic heterocycles. The Morgan fingerprint density at radius 1 is 1.00 bits per heavy atom. The molecule has 94 valence electrons. The fraction of sp³-hybridized carbons (Fsp3) is 0. The molecule has 0 aliphatic heterocycles. The van der Waals surface area contributed by atoms with Crippen LogP contribution in [0.5, 0.6) is 11.5 Å². The van der Waals surface area contributed by atoms with Crippen molar-refractivity contribution >= 4 is 32.4 Å². The second-order valence-corrected chi connectivity index (χ2v) is 4.85. The first kappa shape index (κ1) is 11.6. The Balaban J connectivity index is 1.93. The van der Waals surface area contributed by atoms with Crippen LogP contribution in [0.2, 0.25) is 0 Å². The highest BCUT2D eigenvalue weighted by atomic mass is 32.1. The number of fused-ring (bicyclic) bond motifs is 1. The van der Waals surface area contributed by atoms with Gasteiger partial charge in [-0.2, -0.15) is 0 Å². The molecule has 3 rings (SSSR count). The van der Waals surface area contributed by atoms with Gasteiger partial charge in [0.15, 0.2) is 0 Å². The molecule has 0 aliphatic carbocycles. The number of hydrogen-bond donors (Lipinski definition) is 2. The maximum absolute atomic E-state index is 9.58. The molecule has 2 N–H and O–H groups in total. The molecular formula is C13H9N3O2S. The van der Waals surface area contributed by atoms with Crippen LogP contribution in [-0.2, 0) is 0 Å². The number of phenolic OH excluding ortho intramolecular Hbond substituents is 2. The van der Waals surface area contributed by atoms with E-state index >= 15 is 0 Å². The van der Waals surface area contributed by atoms with E-state index in [1.165, 1.54) is 29.5 Å². The first-order valence-electron chi connectivity index (χ1n) is 5.52. The summed E-state index contributed by atoms with van der Waals surface area (Å²) >= 11 is 1.42. The van der Waals surface area contributed by atoms with Crippen molar-refractivity contribution < 1.29 is 10.2 Å². The predicted octanol–water partition coefficient (Wildman–Crippen LogP) is 4.12. The van der Waals surface area contributed by atoms with Gasteiger partial charge >= 0.3 is 0 Å². The third-order valence-corrected chi connectivity index (χ3v) is 3.41. The lowest BCUT2D eigenvalue weighted by molar-refractivity contribution is 0.451. The molecule has 0 unspecified atom stereocenters. The molecule has 2 aromatic carbocycles. The number of aromatic nitrogens is 1. The quantitative estimate of drug-likeness (QED) is 0.688. The fourth-order valence-corrected chi connectivity index (χ4v) is 2.38. The van der Waals surface area contributed by atoms with Gasteiger partial charge in [-0.3, -0.25) is 0 Å². The first-order chi connectivity index (χ1) is 9.22. The summed E-state index contributed by atoms with van der Waals surface area (Å²) in [5, 5.41) is 27.2.